The molecule has 0 fully saturated rings. The topological polar surface area (TPSA) is 60.7 Å². The number of thiophene rings is 1. The van der Waals surface area contributed by atoms with Crippen molar-refractivity contribution >= 4 is 34.7 Å². The third-order valence-corrected chi connectivity index (χ3v) is 6.34. The van der Waals surface area contributed by atoms with Gasteiger partial charge in [0.15, 0.2) is 4.80 Å². The molecule has 0 aliphatic carbocycles. The minimum absolute atomic E-state index is 0.169. The van der Waals surface area contributed by atoms with Crippen LogP contribution in [-0.4, -0.2) is 17.1 Å². The Labute approximate surface area is 173 Å². The van der Waals surface area contributed by atoms with E-state index in [1.165, 1.54) is 33.3 Å². The molecule has 0 bridgehead atoms. The molecule has 0 amide bonds. The summed E-state index contributed by atoms with van der Waals surface area (Å²) in [4.78, 5) is 31.8. The Morgan fingerprint density at radius 2 is 2.10 bits per heavy atom. The van der Waals surface area contributed by atoms with E-state index in [2.05, 4.69) is 4.99 Å². The van der Waals surface area contributed by atoms with E-state index < -0.39 is 17.8 Å². The summed E-state index contributed by atoms with van der Waals surface area (Å²) < 4.78 is 21.8. The van der Waals surface area contributed by atoms with Crippen molar-refractivity contribution in [1.82, 2.24) is 4.57 Å². The van der Waals surface area contributed by atoms with Crippen LogP contribution >= 0.6 is 22.7 Å². The van der Waals surface area contributed by atoms with Crippen molar-refractivity contribution in [1.29, 1.82) is 0 Å². The van der Waals surface area contributed by atoms with Crippen molar-refractivity contribution in [2.75, 3.05) is 6.61 Å². The van der Waals surface area contributed by atoms with Crippen molar-refractivity contribution in [3.63, 3.8) is 0 Å². The number of fused-ring (bicyclic) bond motifs is 1. The average Bonchev–Trinajstić information content (AvgIpc) is 3.30. The summed E-state index contributed by atoms with van der Waals surface area (Å²) in [5.74, 6) is -1.10. The standard InChI is InChI=1S/C21H17FN2O3S2/c1-3-27-20(26)17-12(2)23-21-24(18(17)14-8-4-5-9-15(14)22)19(25)16(29-21)11-13-7-6-10-28-13/h4-11,18H,3H2,1-2H3/b16-11-. The van der Waals surface area contributed by atoms with Gasteiger partial charge in [-0.15, -0.1) is 11.3 Å². The lowest BCUT2D eigenvalue weighted by Gasteiger charge is -2.24. The van der Waals surface area contributed by atoms with Gasteiger partial charge in [-0.1, -0.05) is 35.6 Å². The first-order chi connectivity index (χ1) is 14.0. The molecule has 0 saturated heterocycles. The fraction of sp³-hybridized carbons (Fsp3) is 0.190. The van der Waals surface area contributed by atoms with Crippen LogP contribution in [0.4, 0.5) is 4.39 Å². The number of ether oxygens (including phenoxy) is 1. The highest BCUT2D eigenvalue weighted by atomic mass is 32.1. The molecule has 0 saturated carbocycles. The summed E-state index contributed by atoms with van der Waals surface area (Å²) in [6.07, 6.45) is 1.79. The lowest BCUT2D eigenvalue weighted by atomic mass is 9.95. The number of rotatable bonds is 4. The zero-order valence-corrected chi connectivity index (χ0v) is 17.3. The van der Waals surface area contributed by atoms with Crippen LogP contribution in [0.2, 0.25) is 0 Å². The summed E-state index contributed by atoms with van der Waals surface area (Å²) in [6.45, 7) is 3.54. The molecule has 0 N–H and O–H groups in total. The van der Waals surface area contributed by atoms with Crippen molar-refractivity contribution in [3.05, 3.63) is 89.0 Å². The molecule has 1 atom stereocenters. The van der Waals surface area contributed by atoms with Crippen LogP contribution < -0.4 is 14.9 Å². The van der Waals surface area contributed by atoms with Crippen LogP contribution in [-0.2, 0) is 9.53 Å². The number of aromatic nitrogens is 1. The molecule has 8 heteroatoms. The number of nitrogens with zero attached hydrogens (tertiary/aromatic N) is 2. The number of thiazole rings is 1. The van der Waals surface area contributed by atoms with E-state index in [1.807, 2.05) is 17.5 Å². The highest BCUT2D eigenvalue weighted by Gasteiger charge is 2.34. The van der Waals surface area contributed by atoms with E-state index in [0.29, 0.717) is 15.0 Å². The number of benzene rings is 1. The number of carbonyl (C=O) groups is 1. The predicted octanol–water partition coefficient (Wildman–Crippen LogP) is 3.00. The van der Waals surface area contributed by atoms with Crippen molar-refractivity contribution in [2.24, 2.45) is 4.99 Å². The molecule has 5 nitrogen and oxygen atoms in total. The van der Waals surface area contributed by atoms with Gasteiger partial charge in [-0.05, 0) is 37.4 Å². The smallest absolute Gasteiger partial charge is 0.338 e. The molecule has 0 spiro atoms. The second-order valence-corrected chi connectivity index (χ2v) is 8.33. The summed E-state index contributed by atoms with van der Waals surface area (Å²) in [6, 6.07) is 9.02. The Kier molecular flexibility index (Phi) is 5.29. The van der Waals surface area contributed by atoms with Crippen molar-refractivity contribution < 1.29 is 13.9 Å². The first kappa shape index (κ1) is 19.5. The van der Waals surface area contributed by atoms with Gasteiger partial charge in [-0.3, -0.25) is 9.36 Å². The molecule has 29 heavy (non-hydrogen) atoms. The maximum atomic E-state index is 14.7. The molecule has 1 aliphatic rings. The van der Waals surface area contributed by atoms with Crippen molar-refractivity contribution in [3.8, 4) is 0 Å². The molecular weight excluding hydrogens is 411 g/mol. The molecule has 0 radical (unpaired) electrons. The molecule has 1 unspecified atom stereocenters. The zero-order chi connectivity index (χ0) is 20.5. The molecule has 3 aromatic rings. The number of allylic oxidation sites excluding steroid dienone is 1. The van der Waals surface area contributed by atoms with E-state index in [4.69, 9.17) is 4.74 Å². The van der Waals surface area contributed by atoms with E-state index in [0.717, 1.165) is 4.88 Å². The van der Waals surface area contributed by atoms with Crippen molar-refractivity contribution in [2.45, 2.75) is 19.9 Å². The number of hydrogen-bond acceptors (Lipinski definition) is 6. The average molecular weight is 429 g/mol. The third-order valence-electron chi connectivity index (χ3n) is 4.53. The van der Waals surface area contributed by atoms with Gasteiger partial charge in [0.05, 0.1) is 22.4 Å². The van der Waals surface area contributed by atoms with Crippen LogP contribution in [0.5, 0.6) is 0 Å². The quantitative estimate of drug-likeness (QED) is 0.601. The normalized spacial score (nSPS) is 16.5. The SMILES string of the molecule is CCOC(=O)C1=C(C)N=c2s/c(=C\c3cccs3)c(=O)n2C1c1ccccc1F. The Hall–Kier alpha value is -2.84. The second kappa shape index (κ2) is 7.88. The van der Waals surface area contributed by atoms with Crippen LogP contribution in [0.3, 0.4) is 0 Å². The molecule has 148 valence electrons. The van der Waals surface area contributed by atoms with Gasteiger partial charge in [0.1, 0.15) is 11.9 Å². The van der Waals surface area contributed by atoms with E-state index in [-0.39, 0.29) is 23.3 Å². The Morgan fingerprint density at radius 3 is 2.79 bits per heavy atom. The Morgan fingerprint density at radius 1 is 1.31 bits per heavy atom. The summed E-state index contributed by atoms with van der Waals surface area (Å²) in [5, 5.41) is 1.92. The van der Waals surface area contributed by atoms with Gasteiger partial charge in [0, 0.05) is 10.4 Å². The monoisotopic (exact) mass is 428 g/mol. The van der Waals surface area contributed by atoms with E-state index in [9.17, 15) is 14.0 Å². The third kappa shape index (κ3) is 3.49. The minimum Gasteiger partial charge on any atom is -0.463 e. The molecule has 4 rings (SSSR count). The molecule has 3 heterocycles. The second-order valence-electron chi connectivity index (χ2n) is 6.34. The minimum atomic E-state index is -0.933. The van der Waals surface area contributed by atoms with Crippen LogP contribution in [0.25, 0.3) is 6.08 Å². The first-order valence-electron chi connectivity index (χ1n) is 8.99. The van der Waals surface area contributed by atoms with Gasteiger partial charge < -0.3 is 4.74 Å². The highest BCUT2D eigenvalue weighted by molar-refractivity contribution is 7.11. The Balaban J connectivity index is 2.00. The first-order valence-corrected chi connectivity index (χ1v) is 10.7. The van der Waals surface area contributed by atoms with Crippen LogP contribution in [0.15, 0.2) is 62.8 Å². The van der Waals surface area contributed by atoms with Gasteiger partial charge in [-0.2, -0.15) is 0 Å². The van der Waals surface area contributed by atoms with E-state index >= 15 is 0 Å². The molecule has 1 aromatic carbocycles. The largest absolute Gasteiger partial charge is 0.463 e. The fourth-order valence-electron chi connectivity index (χ4n) is 3.29. The van der Waals surface area contributed by atoms with Crippen LogP contribution in [0, 0.1) is 5.82 Å². The lowest BCUT2D eigenvalue weighted by Crippen LogP contribution is -2.40. The van der Waals surface area contributed by atoms with Crippen LogP contribution in [0.1, 0.15) is 30.3 Å². The molecule has 2 aromatic heterocycles. The zero-order valence-electron chi connectivity index (χ0n) is 15.7. The van der Waals surface area contributed by atoms with E-state index in [1.54, 1.807) is 38.1 Å². The molecule has 1 aliphatic heterocycles. The number of carbonyl (C=O) groups excluding carboxylic acids is 1. The fourth-order valence-corrected chi connectivity index (χ4v) is 5.05. The number of hydrogen-bond donors (Lipinski definition) is 0. The van der Waals surface area contributed by atoms with Gasteiger partial charge >= 0.3 is 5.97 Å². The molecular formula is C21H17FN2O3S2. The number of halogens is 1. The predicted molar refractivity (Wildman–Crippen MR) is 111 cm³/mol. The number of esters is 1. The highest BCUT2D eigenvalue weighted by Crippen LogP contribution is 2.32. The maximum Gasteiger partial charge on any atom is 0.338 e. The van der Waals surface area contributed by atoms with Gasteiger partial charge in [0.25, 0.3) is 5.56 Å². The lowest BCUT2D eigenvalue weighted by molar-refractivity contribution is -0.139. The maximum absolute atomic E-state index is 14.7. The van der Waals surface area contributed by atoms with Gasteiger partial charge in [0.2, 0.25) is 0 Å². The Bertz CT molecular complexity index is 1290. The summed E-state index contributed by atoms with van der Waals surface area (Å²) >= 11 is 2.73. The summed E-state index contributed by atoms with van der Waals surface area (Å²) in [7, 11) is 0. The summed E-state index contributed by atoms with van der Waals surface area (Å²) in [5.41, 5.74) is 0.506. The van der Waals surface area contributed by atoms with Gasteiger partial charge in [-0.25, -0.2) is 14.2 Å².